The fraction of sp³-hybridized carbons (Fsp3) is 0.0667. The van der Waals surface area contributed by atoms with Crippen LogP contribution in [-0.4, -0.2) is 0 Å². The molecule has 1 atom stereocenters. The average Bonchev–Trinajstić information content (AvgIpc) is 2.90. The van der Waals surface area contributed by atoms with Gasteiger partial charge in [0.1, 0.15) is 0 Å². The lowest BCUT2D eigenvalue weighted by atomic mass is 10.1. The molecule has 0 saturated heterocycles. The first-order chi connectivity index (χ1) is 8.43. The van der Waals surface area contributed by atoms with Crippen LogP contribution in [-0.2, 0) is 0 Å². The highest BCUT2D eigenvalue weighted by atomic mass is 15.5. The van der Waals surface area contributed by atoms with Crippen LogP contribution in [0.15, 0.2) is 72.9 Å². The molecule has 0 aromatic heterocycles. The second-order valence-electron chi connectivity index (χ2n) is 4.06. The number of para-hydroxylation sites is 1. The molecule has 1 heterocycles. The molecule has 2 heteroatoms. The summed E-state index contributed by atoms with van der Waals surface area (Å²) in [6.45, 7) is 0. The third-order valence-electron chi connectivity index (χ3n) is 2.90. The van der Waals surface area contributed by atoms with Crippen molar-refractivity contribution in [2.45, 2.75) is 6.04 Å². The van der Waals surface area contributed by atoms with Crippen molar-refractivity contribution >= 4 is 5.69 Å². The van der Waals surface area contributed by atoms with Crippen molar-refractivity contribution < 1.29 is 0 Å². The summed E-state index contributed by atoms with van der Waals surface area (Å²) in [5, 5.41) is 2.05. The molecular formula is C15H14N2. The Morgan fingerprint density at radius 2 is 1.47 bits per heavy atom. The van der Waals surface area contributed by atoms with E-state index in [0.717, 1.165) is 5.69 Å². The van der Waals surface area contributed by atoms with Crippen molar-refractivity contribution in [1.82, 2.24) is 5.43 Å². The second-order valence-corrected chi connectivity index (χ2v) is 4.06. The molecule has 0 radical (unpaired) electrons. The maximum atomic E-state index is 3.45. The first-order valence-corrected chi connectivity index (χ1v) is 5.77. The molecule has 2 nitrogen and oxygen atoms in total. The van der Waals surface area contributed by atoms with Crippen molar-refractivity contribution in [3.05, 3.63) is 78.5 Å². The Bertz CT molecular complexity index is 457. The van der Waals surface area contributed by atoms with Gasteiger partial charge in [0, 0.05) is 6.20 Å². The summed E-state index contributed by atoms with van der Waals surface area (Å²) in [6, 6.07) is 21.0. The van der Waals surface area contributed by atoms with E-state index in [2.05, 4.69) is 59.1 Å². The summed E-state index contributed by atoms with van der Waals surface area (Å²) in [6.07, 6.45) is 4.25. The van der Waals surface area contributed by atoms with Crippen molar-refractivity contribution in [3.8, 4) is 0 Å². The molecule has 1 N–H and O–H groups in total. The van der Waals surface area contributed by atoms with E-state index >= 15 is 0 Å². The first kappa shape index (κ1) is 10.1. The summed E-state index contributed by atoms with van der Waals surface area (Å²) >= 11 is 0. The van der Waals surface area contributed by atoms with E-state index in [1.54, 1.807) is 0 Å². The van der Waals surface area contributed by atoms with Gasteiger partial charge >= 0.3 is 0 Å². The maximum Gasteiger partial charge on any atom is 0.0714 e. The van der Waals surface area contributed by atoms with Crippen LogP contribution in [0, 0.1) is 0 Å². The maximum absolute atomic E-state index is 3.45. The quantitative estimate of drug-likeness (QED) is 0.839. The predicted molar refractivity (Wildman–Crippen MR) is 70.4 cm³/mol. The molecule has 0 saturated carbocycles. The number of hydrogen-bond donors (Lipinski definition) is 1. The van der Waals surface area contributed by atoms with Crippen LogP contribution >= 0.6 is 0 Å². The van der Waals surface area contributed by atoms with Gasteiger partial charge in [-0.2, -0.15) is 0 Å². The molecule has 0 amide bonds. The molecule has 0 spiro atoms. The van der Waals surface area contributed by atoms with E-state index in [1.807, 2.05) is 24.3 Å². The highest BCUT2D eigenvalue weighted by Crippen LogP contribution is 2.23. The summed E-state index contributed by atoms with van der Waals surface area (Å²) in [5.41, 5.74) is 5.88. The molecule has 17 heavy (non-hydrogen) atoms. The molecule has 1 aliphatic rings. The smallest absolute Gasteiger partial charge is 0.0714 e. The Hall–Kier alpha value is -2.06. The van der Waals surface area contributed by atoms with Crippen LogP contribution < -0.4 is 10.4 Å². The van der Waals surface area contributed by atoms with Gasteiger partial charge < -0.3 is 0 Å². The van der Waals surface area contributed by atoms with E-state index < -0.39 is 0 Å². The number of anilines is 1. The normalized spacial score (nSPS) is 18.6. The van der Waals surface area contributed by atoms with Gasteiger partial charge in [0.2, 0.25) is 0 Å². The minimum absolute atomic E-state index is 0.261. The van der Waals surface area contributed by atoms with E-state index in [9.17, 15) is 0 Å². The number of nitrogens with zero attached hydrogens (tertiary/aromatic N) is 1. The van der Waals surface area contributed by atoms with Gasteiger partial charge in [-0.1, -0.05) is 48.5 Å². The van der Waals surface area contributed by atoms with E-state index in [1.165, 1.54) is 5.56 Å². The number of benzene rings is 2. The standard InChI is InChI=1S/C15H14N2/c1-3-7-13(8-4-1)15-11-12-17(16-15)14-9-5-2-6-10-14/h1-12,15-16H. The van der Waals surface area contributed by atoms with Crippen LogP contribution in [0.3, 0.4) is 0 Å². The lowest BCUT2D eigenvalue weighted by molar-refractivity contribution is 0.671. The SMILES string of the molecule is C1=CN(c2ccccc2)NC1c1ccccc1. The molecule has 84 valence electrons. The molecule has 0 fully saturated rings. The van der Waals surface area contributed by atoms with E-state index in [-0.39, 0.29) is 6.04 Å². The van der Waals surface area contributed by atoms with Crippen LogP contribution in [0.5, 0.6) is 0 Å². The van der Waals surface area contributed by atoms with Gasteiger partial charge in [0.25, 0.3) is 0 Å². The topological polar surface area (TPSA) is 15.3 Å². The van der Waals surface area contributed by atoms with Gasteiger partial charge in [-0.05, 0) is 23.8 Å². The van der Waals surface area contributed by atoms with Crippen LogP contribution in [0.25, 0.3) is 0 Å². The molecule has 2 aromatic carbocycles. The lowest BCUT2D eigenvalue weighted by Gasteiger charge is -2.19. The Morgan fingerprint density at radius 1 is 0.824 bits per heavy atom. The highest BCUT2D eigenvalue weighted by molar-refractivity contribution is 5.50. The lowest BCUT2D eigenvalue weighted by Crippen LogP contribution is -2.30. The highest BCUT2D eigenvalue weighted by Gasteiger charge is 2.16. The zero-order chi connectivity index (χ0) is 11.5. The summed E-state index contributed by atoms with van der Waals surface area (Å²) in [5.74, 6) is 0. The third kappa shape index (κ3) is 2.08. The molecule has 0 aliphatic carbocycles. The Kier molecular flexibility index (Phi) is 2.64. The third-order valence-corrected chi connectivity index (χ3v) is 2.90. The van der Waals surface area contributed by atoms with Gasteiger partial charge in [-0.15, -0.1) is 0 Å². The largest absolute Gasteiger partial charge is 0.284 e. The molecule has 1 aliphatic heterocycles. The number of hydrogen-bond acceptors (Lipinski definition) is 2. The monoisotopic (exact) mass is 222 g/mol. The average molecular weight is 222 g/mol. The van der Waals surface area contributed by atoms with Crippen molar-refractivity contribution in [2.75, 3.05) is 5.01 Å². The van der Waals surface area contributed by atoms with E-state index in [0.29, 0.717) is 0 Å². The Morgan fingerprint density at radius 3 is 2.18 bits per heavy atom. The van der Waals surface area contributed by atoms with Crippen molar-refractivity contribution in [2.24, 2.45) is 0 Å². The van der Waals surface area contributed by atoms with Crippen LogP contribution in [0.2, 0.25) is 0 Å². The van der Waals surface area contributed by atoms with Crippen molar-refractivity contribution in [1.29, 1.82) is 0 Å². The van der Waals surface area contributed by atoms with E-state index in [4.69, 9.17) is 0 Å². The van der Waals surface area contributed by atoms with Gasteiger partial charge in [0.05, 0.1) is 11.7 Å². The summed E-state index contributed by atoms with van der Waals surface area (Å²) < 4.78 is 0. The molecule has 3 rings (SSSR count). The minimum atomic E-state index is 0.261. The molecular weight excluding hydrogens is 208 g/mol. The summed E-state index contributed by atoms with van der Waals surface area (Å²) in [4.78, 5) is 0. The molecule has 1 unspecified atom stereocenters. The Balaban J connectivity index is 1.78. The number of nitrogens with one attached hydrogen (secondary N) is 1. The second kappa shape index (κ2) is 4.44. The number of rotatable bonds is 2. The van der Waals surface area contributed by atoms with Gasteiger partial charge in [-0.3, -0.25) is 5.01 Å². The zero-order valence-electron chi connectivity index (χ0n) is 9.45. The summed E-state index contributed by atoms with van der Waals surface area (Å²) in [7, 11) is 0. The molecule has 0 bridgehead atoms. The fourth-order valence-electron chi connectivity index (χ4n) is 2.00. The van der Waals surface area contributed by atoms with Crippen LogP contribution in [0.1, 0.15) is 11.6 Å². The number of hydrazine groups is 1. The minimum Gasteiger partial charge on any atom is -0.284 e. The van der Waals surface area contributed by atoms with Crippen LogP contribution in [0.4, 0.5) is 5.69 Å². The predicted octanol–water partition coefficient (Wildman–Crippen LogP) is 3.27. The van der Waals surface area contributed by atoms with Gasteiger partial charge in [0.15, 0.2) is 0 Å². The molecule has 2 aromatic rings. The van der Waals surface area contributed by atoms with Crippen molar-refractivity contribution in [3.63, 3.8) is 0 Å². The zero-order valence-corrected chi connectivity index (χ0v) is 9.45. The Labute approximate surface area is 101 Å². The first-order valence-electron chi connectivity index (χ1n) is 5.77. The fourth-order valence-corrected chi connectivity index (χ4v) is 2.00. The van der Waals surface area contributed by atoms with Gasteiger partial charge in [-0.25, -0.2) is 5.43 Å².